The third-order valence-electron chi connectivity index (χ3n) is 2.09. The van der Waals surface area contributed by atoms with Gasteiger partial charge in [-0.25, -0.2) is 4.79 Å². The fraction of sp³-hybridized carbons (Fsp3) is 0.200. The Morgan fingerprint density at radius 3 is 1.63 bits per heavy atom. The highest BCUT2D eigenvalue weighted by Gasteiger charge is 2.43. The van der Waals surface area contributed by atoms with E-state index < -0.39 is 40.6 Å². The van der Waals surface area contributed by atoms with Crippen LogP contribution in [-0.4, -0.2) is 11.1 Å². The van der Waals surface area contributed by atoms with Gasteiger partial charge in [-0.05, 0) is 12.1 Å². The van der Waals surface area contributed by atoms with E-state index in [4.69, 9.17) is 10.4 Å². The second-order valence-corrected chi connectivity index (χ2v) is 3.36. The predicted octanol–water partition coefficient (Wildman–Crippen LogP) is 3.29. The Balaban J connectivity index is 3.83. The van der Waals surface area contributed by atoms with E-state index in [1.807, 2.05) is 0 Å². The molecule has 102 valence electrons. The Bertz CT molecular complexity index is 532. The third kappa shape index (κ3) is 2.96. The van der Waals surface area contributed by atoms with E-state index in [2.05, 4.69) is 0 Å². The molecule has 0 aromatic heterocycles. The van der Waals surface area contributed by atoms with Crippen LogP contribution < -0.4 is 0 Å². The van der Waals surface area contributed by atoms with E-state index in [0.717, 1.165) is 6.07 Å². The summed E-state index contributed by atoms with van der Waals surface area (Å²) < 4.78 is 75.3. The molecule has 0 radical (unpaired) electrons. The molecule has 0 saturated carbocycles. The minimum Gasteiger partial charge on any atom is -0.478 e. The molecule has 9 heteroatoms. The van der Waals surface area contributed by atoms with Crippen LogP contribution in [0.15, 0.2) is 12.1 Å². The highest BCUT2D eigenvalue weighted by atomic mass is 19.4. The number of halogens is 6. The summed E-state index contributed by atoms with van der Waals surface area (Å²) >= 11 is 0. The third-order valence-corrected chi connectivity index (χ3v) is 2.09. The lowest BCUT2D eigenvalue weighted by Gasteiger charge is -2.16. The van der Waals surface area contributed by atoms with E-state index in [1.165, 1.54) is 0 Å². The van der Waals surface area contributed by atoms with Crippen molar-refractivity contribution in [3.63, 3.8) is 0 Å². The molecule has 1 aromatic rings. The van der Waals surface area contributed by atoms with Crippen molar-refractivity contribution in [2.75, 3.05) is 0 Å². The molecule has 19 heavy (non-hydrogen) atoms. The van der Waals surface area contributed by atoms with Crippen molar-refractivity contribution >= 4 is 5.97 Å². The van der Waals surface area contributed by atoms with Gasteiger partial charge in [-0.15, -0.1) is 0 Å². The van der Waals surface area contributed by atoms with E-state index in [9.17, 15) is 31.1 Å². The SMILES string of the molecule is N#Cc1cc(C(F)(F)F)c(C(=O)O)c(C(F)(F)F)c1. The Kier molecular flexibility index (Phi) is 3.48. The second kappa shape index (κ2) is 4.46. The minimum absolute atomic E-state index is 0.0681. The first-order chi connectivity index (χ1) is 8.48. The lowest BCUT2D eigenvalue weighted by Crippen LogP contribution is -2.20. The number of carbonyl (C=O) groups is 1. The average Bonchev–Trinajstić information content (AvgIpc) is 2.24. The van der Waals surface area contributed by atoms with Gasteiger partial charge in [0.25, 0.3) is 0 Å². The van der Waals surface area contributed by atoms with Gasteiger partial charge in [-0.2, -0.15) is 31.6 Å². The van der Waals surface area contributed by atoms with Crippen LogP contribution in [0.5, 0.6) is 0 Å². The van der Waals surface area contributed by atoms with Crippen LogP contribution in [0, 0.1) is 11.3 Å². The van der Waals surface area contributed by atoms with Crippen LogP contribution in [0.2, 0.25) is 0 Å². The second-order valence-electron chi connectivity index (χ2n) is 3.36. The molecule has 0 amide bonds. The molecule has 0 heterocycles. The molecule has 0 unspecified atom stereocenters. The molecule has 1 rings (SSSR count). The summed E-state index contributed by atoms with van der Waals surface area (Å²) in [6.07, 6.45) is -10.6. The highest BCUT2D eigenvalue weighted by Crippen LogP contribution is 2.40. The lowest BCUT2D eigenvalue weighted by atomic mass is 9.97. The zero-order chi connectivity index (χ0) is 15.0. The van der Waals surface area contributed by atoms with Crippen LogP contribution in [0.25, 0.3) is 0 Å². The fourth-order valence-electron chi connectivity index (χ4n) is 1.38. The number of nitrogens with zero attached hydrogens (tertiary/aromatic N) is 1. The number of rotatable bonds is 1. The van der Waals surface area contributed by atoms with Gasteiger partial charge >= 0.3 is 18.3 Å². The van der Waals surface area contributed by atoms with Gasteiger partial charge in [0.15, 0.2) is 0 Å². The van der Waals surface area contributed by atoms with Gasteiger partial charge in [0.05, 0.1) is 28.3 Å². The van der Waals surface area contributed by atoms with Crippen LogP contribution in [-0.2, 0) is 12.4 Å². The summed E-state index contributed by atoms with van der Waals surface area (Å²) in [5.74, 6) is -2.37. The standard InChI is InChI=1S/C10H3F6NO2/c11-9(12,13)5-1-4(3-17)2-6(10(14,15)16)7(5)8(18)19/h1-2H,(H,18,19). The summed E-state index contributed by atoms with van der Waals surface area (Å²) in [7, 11) is 0. The van der Waals surface area contributed by atoms with Crippen molar-refractivity contribution < 1.29 is 36.2 Å². The van der Waals surface area contributed by atoms with Gasteiger partial charge in [-0.3, -0.25) is 0 Å². The van der Waals surface area contributed by atoms with Crippen molar-refractivity contribution in [3.8, 4) is 6.07 Å². The molecule has 0 atom stereocenters. The minimum atomic E-state index is -5.32. The zero-order valence-corrected chi connectivity index (χ0v) is 8.73. The molecule has 0 aliphatic carbocycles. The first-order valence-corrected chi connectivity index (χ1v) is 4.44. The molecule has 0 aliphatic rings. The summed E-state index contributed by atoms with van der Waals surface area (Å²) in [4.78, 5) is 10.7. The number of carboxylic acid groups (broad SMARTS) is 1. The molecule has 0 spiro atoms. The monoisotopic (exact) mass is 283 g/mol. The van der Waals surface area contributed by atoms with Gasteiger partial charge in [0.1, 0.15) is 0 Å². The predicted molar refractivity (Wildman–Crippen MR) is 48.1 cm³/mol. The van der Waals surface area contributed by atoms with Crippen molar-refractivity contribution in [3.05, 3.63) is 34.4 Å². The normalized spacial score (nSPS) is 12.1. The number of alkyl halides is 6. The zero-order valence-electron chi connectivity index (χ0n) is 8.73. The van der Waals surface area contributed by atoms with Crippen molar-refractivity contribution in [2.45, 2.75) is 12.4 Å². The fourth-order valence-corrected chi connectivity index (χ4v) is 1.38. The number of benzene rings is 1. The molecule has 1 N–H and O–H groups in total. The number of aromatic carboxylic acids is 1. The number of nitriles is 1. The van der Waals surface area contributed by atoms with Crippen LogP contribution in [0.4, 0.5) is 26.3 Å². The highest BCUT2D eigenvalue weighted by molar-refractivity contribution is 5.92. The van der Waals surface area contributed by atoms with Crippen molar-refractivity contribution in [2.24, 2.45) is 0 Å². The summed E-state index contributed by atoms with van der Waals surface area (Å²) in [6.45, 7) is 0. The maximum absolute atomic E-state index is 12.6. The van der Waals surface area contributed by atoms with E-state index in [0.29, 0.717) is 0 Å². The topological polar surface area (TPSA) is 61.1 Å². The Labute approximate surface area is 101 Å². The first kappa shape index (κ1) is 14.8. The Morgan fingerprint density at radius 1 is 1.05 bits per heavy atom. The van der Waals surface area contributed by atoms with Gasteiger partial charge < -0.3 is 5.11 Å². The molecule has 0 bridgehead atoms. The quantitative estimate of drug-likeness (QED) is 0.804. The molecule has 0 fully saturated rings. The molecule has 0 saturated heterocycles. The van der Waals surface area contributed by atoms with E-state index >= 15 is 0 Å². The molecular weight excluding hydrogens is 280 g/mol. The molecule has 1 aromatic carbocycles. The number of hydrogen-bond donors (Lipinski definition) is 1. The largest absolute Gasteiger partial charge is 0.478 e. The number of carboxylic acids is 1. The smallest absolute Gasteiger partial charge is 0.417 e. The van der Waals surface area contributed by atoms with Crippen molar-refractivity contribution in [1.29, 1.82) is 5.26 Å². The van der Waals surface area contributed by atoms with Gasteiger partial charge in [0, 0.05) is 0 Å². The van der Waals surface area contributed by atoms with E-state index in [-0.39, 0.29) is 12.1 Å². The Morgan fingerprint density at radius 2 is 1.42 bits per heavy atom. The summed E-state index contributed by atoms with van der Waals surface area (Å²) in [6, 6.07) is 1.26. The maximum atomic E-state index is 12.6. The van der Waals surface area contributed by atoms with Crippen molar-refractivity contribution in [1.82, 2.24) is 0 Å². The summed E-state index contributed by atoms with van der Waals surface area (Å²) in [5.41, 5.74) is -6.86. The van der Waals surface area contributed by atoms with Crippen LogP contribution in [0.1, 0.15) is 27.0 Å². The summed E-state index contributed by atoms with van der Waals surface area (Å²) in [5, 5.41) is 17.0. The number of hydrogen-bond acceptors (Lipinski definition) is 2. The van der Waals surface area contributed by atoms with Crippen LogP contribution in [0.3, 0.4) is 0 Å². The van der Waals surface area contributed by atoms with Gasteiger partial charge in [0.2, 0.25) is 0 Å². The van der Waals surface area contributed by atoms with Crippen LogP contribution >= 0.6 is 0 Å². The average molecular weight is 283 g/mol. The molecule has 3 nitrogen and oxygen atoms in total. The lowest BCUT2D eigenvalue weighted by molar-refractivity contribution is -0.144. The molecule has 0 aliphatic heterocycles. The maximum Gasteiger partial charge on any atom is 0.417 e. The first-order valence-electron chi connectivity index (χ1n) is 4.44. The van der Waals surface area contributed by atoms with Gasteiger partial charge in [-0.1, -0.05) is 0 Å². The molecular formula is C10H3F6NO2. The van der Waals surface area contributed by atoms with E-state index in [1.54, 1.807) is 0 Å². The Hall–Kier alpha value is -2.24.